The second kappa shape index (κ2) is 4.79. The van der Waals surface area contributed by atoms with Gasteiger partial charge in [-0.1, -0.05) is 0 Å². The fourth-order valence-corrected chi connectivity index (χ4v) is 2.59. The number of nitrogens with zero attached hydrogens (tertiary/aromatic N) is 2. The third kappa shape index (κ3) is 1.98. The number of carbonyl (C=O) groups excluding carboxylic acids is 1. The van der Waals surface area contributed by atoms with Crippen LogP contribution < -0.4 is 0 Å². The molecule has 0 spiro atoms. The Morgan fingerprint density at radius 2 is 2.06 bits per heavy atom. The predicted octanol–water partition coefficient (Wildman–Crippen LogP) is 3.54. The van der Waals surface area contributed by atoms with Crippen LogP contribution in [0.15, 0.2) is 28.7 Å². The van der Waals surface area contributed by atoms with Crippen LogP contribution in [0.1, 0.15) is 27.3 Å². The van der Waals surface area contributed by atoms with Crippen molar-refractivity contribution in [1.29, 1.82) is 5.26 Å². The van der Waals surface area contributed by atoms with E-state index in [-0.39, 0.29) is 0 Å². The zero-order valence-corrected chi connectivity index (χ0v) is 11.7. The van der Waals surface area contributed by atoms with Crippen LogP contribution in [0.4, 0.5) is 0 Å². The number of nitriles is 1. The molecule has 90 valence electrons. The molecule has 2 aromatic rings. The summed E-state index contributed by atoms with van der Waals surface area (Å²) in [6.45, 7) is 3.85. The first-order valence-corrected chi connectivity index (χ1v) is 6.22. The van der Waals surface area contributed by atoms with Crippen molar-refractivity contribution >= 4 is 22.2 Å². The number of rotatable bonds is 2. The molecule has 0 fully saturated rings. The summed E-state index contributed by atoms with van der Waals surface area (Å²) >= 11 is 3.46. The second-order valence-electron chi connectivity index (χ2n) is 4.06. The van der Waals surface area contributed by atoms with Gasteiger partial charge in [0, 0.05) is 21.4 Å². The van der Waals surface area contributed by atoms with E-state index in [1.807, 2.05) is 30.5 Å². The Balaban J connectivity index is 2.66. The third-order valence-corrected chi connectivity index (χ3v) is 3.55. The van der Waals surface area contributed by atoms with Crippen molar-refractivity contribution in [3.63, 3.8) is 0 Å². The fourth-order valence-electron chi connectivity index (χ4n) is 2.04. The fraction of sp³-hybridized carbons (Fsp3) is 0.143. The number of benzene rings is 1. The van der Waals surface area contributed by atoms with Gasteiger partial charge in [0.25, 0.3) is 0 Å². The molecule has 0 aliphatic carbocycles. The number of hydrogen-bond acceptors (Lipinski definition) is 2. The Kier molecular flexibility index (Phi) is 3.35. The number of aromatic nitrogens is 1. The van der Waals surface area contributed by atoms with Crippen molar-refractivity contribution in [2.24, 2.45) is 0 Å². The van der Waals surface area contributed by atoms with Gasteiger partial charge in [-0.05, 0) is 54.0 Å². The smallest absolute Gasteiger partial charge is 0.151 e. The Morgan fingerprint density at radius 3 is 2.56 bits per heavy atom. The lowest BCUT2D eigenvalue weighted by Gasteiger charge is -2.11. The molecular formula is C14H11BrN2O. The van der Waals surface area contributed by atoms with E-state index in [1.54, 1.807) is 12.1 Å². The van der Waals surface area contributed by atoms with Crippen molar-refractivity contribution in [3.8, 4) is 11.8 Å². The molecule has 1 aromatic carbocycles. The normalized spacial score (nSPS) is 10.1. The van der Waals surface area contributed by atoms with E-state index in [2.05, 4.69) is 22.0 Å². The maximum atomic E-state index is 10.9. The SMILES string of the molecule is Cc1cc(C=O)c(C)n1-c1ccc(C#N)cc1Br. The van der Waals surface area contributed by atoms with Crippen LogP contribution in [0.2, 0.25) is 0 Å². The first kappa shape index (κ1) is 12.6. The average molecular weight is 303 g/mol. The molecule has 0 aliphatic heterocycles. The molecule has 0 saturated carbocycles. The number of carbonyl (C=O) groups is 1. The molecule has 0 amide bonds. The third-order valence-electron chi connectivity index (χ3n) is 2.91. The van der Waals surface area contributed by atoms with Crippen LogP contribution in [-0.2, 0) is 0 Å². The van der Waals surface area contributed by atoms with Crippen molar-refractivity contribution in [1.82, 2.24) is 4.57 Å². The molecule has 18 heavy (non-hydrogen) atoms. The van der Waals surface area contributed by atoms with Crippen molar-refractivity contribution in [3.05, 3.63) is 51.3 Å². The Morgan fingerprint density at radius 1 is 1.33 bits per heavy atom. The molecule has 0 saturated heterocycles. The topological polar surface area (TPSA) is 45.8 Å². The lowest BCUT2D eigenvalue weighted by atomic mass is 10.2. The zero-order chi connectivity index (χ0) is 13.3. The second-order valence-corrected chi connectivity index (χ2v) is 4.91. The van der Waals surface area contributed by atoms with Gasteiger partial charge in [-0.25, -0.2) is 0 Å². The zero-order valence-electron chi connectivity index (χ0n) is 10.1. The number of hydrogen-bond donors (Lipinski definition) is 0. The molecule has 0 aliphatic rings. The molecule has 0 atom stereocenters. The summed E-state index contributed by atoms with van der Waals surface area (Å²) in [5.41, 5.74) is 4.09. The largest absolute Gasteiger partial charge is 0.317 e. The number of halogens is 1. The van der Waals surface area contributed by atoms with Crippen LogP contribution in [0.3, 0.4) is 0 Å². The summed E-state index contributed by atoms with van der Waals surface area (Å²) in [4.78, 5) is 10.9. The summed E-state index contributed by atoms with van der Waals surface area (Å²) < 4.78 is 2.83. The van der Waals surface area contributed by atoms with E-state index < -0.39 is 0 Å². The van der Waals surface area contributed by atoms with Gasteiger partial charge in [-0.2, -0.15) is 5.26 Å². The number of aldehydes is 1. The van der Waals surface area contributed by atoms with Crippen LogP contribution in [0, 0.1) is 25.2 Å². The summed E-state index contributed by atoms with van der Waals surface area (Å²) in [6, 6.07) is 9.36. The van der Waals surface area contributed by atoms with Crippen LogP contribution in [0.25, 0.3) is 5.69 Å². The van der Waals surface area contributed by atoms with Gasteiger partial charge in [-0.3, -0.25) is 4.79 Å². The molecule has 2 rings (SSSR count). The van der Waals surface area contributed by atoms with Crippen molar-refractivity contribution in [2.75, 3.05) is 0 Å². The van der Waals surface area contributed by atoms with E-state index >= 15 is 0 Å². The number of aryl methyl sites for hydroxylation is 1. The summed E-state index contributed by atoms with van der Waals surface area (Å²) in [7, 11) is 0. The lowest BCUT2D eigenvalue weighted by molar-refractivity contribution is 0.112. The van der Waals surface area contributed by atoms with Gasteiger partial charge in [-0.15, -0.1) is 0 Å². The van der Waals surface area contributed by atoms with Gasteiger partial charge in [0.2, 0.25) is 0 Å². The molecule has 0 unspecified atom stereocenters. The van der Waals surface area contributed by atoms with Gasteiger partial charge < -0.3 is 4.57 Å². The summed E-state index contributed by atoms with van der Waals surface area (Å²) in [5, 5.41) is 8.85. The van der Waals surface area contributed by atoms with E-state index in [0.717, 1.165) is 27.8 Å². The van der Waals surface area contributed by atoms with E-state index in [1.165, 1.54) is 0 Å². The highest BCUT2D eigenvalue weighted by Gasteiger charge is 2.12. The highest BCUT2D eigenvalue weighted by Crippen LogP contribution is 2.27. The summed E-state index contributed by atoms with van der Waals surface area (Å²) in [5.74, 6) is 0. The first-order chi connectivity index (χ1) is 8.58. The minimum atomic E-state index is 0.601. The van der Waals surface area contributed by atoms with Crippen LogP contribution >= 0.6 is 15.9 Å². The monoisotopic (exact) mass is 302 g/mol. The Bertz CT molecular complexity index is 665. The standard InChI is InChI=1S/C14H11BrN2O/c1-9-5-12(8-18)10(2)17(9)14-4-3-11(7-16)6-13(14)15/h3-6,8H,1-2H3. The maximum Gasteiger partial charge on any atom is 0.151 e. The highest BCUT2D eigenvalue weighted by atomic mass is 79.9. The first-order valence-electron chi connectivity index (χ1n) is 5.42. The molecule has 0 N–H and O–H groups in total. The van der Waals surface area contributed by atoms with Gasteiger partial charge in [0.1, 0.15) is 0 Å². The van der Waals surface area contributed by atoms with Crippen molar-refractivity contribution in [2.45, 2.75) is 13.8 Å². The predicted molar refractivity (Wildman–Crippen MR) is 73.0 cm³/mol. The molecule has 4 heteroatoms. The molecule has 3 nitrogen and oxygen atoms in total. The van der Waals surface area contributed by atoms with Crippen molar-refractivity contribution < 1.29 is 4.79 Å². The lowest BCUT2D eigenvalue weighted by Crippen LogP contribution is -2.00. The molecule has 1 aromatic heterocycles. The van der Waals surface area contributed by atoms with E-state index in [9.17, 15) is 4.79 Å². The van der Waals surface area contributed by atoms with Gasteiger partial charge in [0.15, 0.2) is 6.29 Å². The molecular weight excluding hydrogens is 292 g/mol. The molecule has 0 bridgehead atoms. The van der Waals surface area contributed by atoms with Gasteiger partial charge in [0.05, 0.1) is 17.3 Å². The average Bonchev–Trinajstić information content (AvgIpc) is 2.64. The maximum absolute atomic E-state index is 10.9. The quantitative estimate of drug-likeness (QED) is 0.797. The minimum Gasteiger partial charge on any atom is -0.317 e. The molecule has 0 radical (unpaired) electrons. The Labute approximate surface area is 114 Å². The van der Waals surface area contributed by atoms with E-state index in [4.69, 9.17) is 5.26 Å². The van der Waals surface area contributed by atoms with Crippen LogP contribution in [0.5, 0.6) is 0 Å². The minimum absolute atomic E-state index is 0.601. The Hall–Kier alpha value is -1.86. The summed E-state index contributed by atoms with van der Waals surface area (Å²) in [6.07, 6.45) is 0.858. The van der Waals surface area contributed by atoms with Gasteiger partial charge >= 0.3 is 0 Å². The van der Waals surface area contributed by atoms with E-state index in [0.29, 0.717) is 11.1 Å². The molecule has 1 heterocycles. The highest BCUT2D eigenvalue weighted by molar-refractivity contribution is 9.10. The van der Waals surface area contributed by atoms with Crippen LogP contribution in [-0.4, -0.2) is 10.9 Å².